The van der Waals surface area contributed by atoms with Crippen molar-refractivity contribution in [2.45, 2.75) is 36.3 Å². The van der Waals surface area contributed by atoms with Crippen LogP contribution in [-0.4, -0.2) is 9.97 Å². The molecule has 1 aliphatic rings. The lowest BCUT2D eigenvalue weighted by Crippen LogP contribution is -2.10. The maximum Gasteiger partial charge on any atom is 0.140 e. The molecule has 0 fully saturated rings. The minimum absolute atomic E-state index is 0.223. The fraction of sp³-hybridized carbons (Fsp3) is 0.333. The van der Waals surface area contributed by atoms with Crippen molar-refractivity contribution in [1.29, 1.82) is 0 Å². The largest absolute Gasteiger partial charge is 0.237 e. The Labute approximate surface area is 126 Å². The normalized spacial score (nSPS) is 14.1. The third-order valence-corrected chi connectivity index (χ3v) is 4.65. The van der Waals surface area contributed by atoms with E-state index in [1.165, 1.54) is 23.9 Å². The zero-order valence-corrected chi connectivity index (χ0v) is 12.5. The number of aryl methyl sites for hydroxylation is 1. The Kier molecular flexibility index (Phi) is 4.22. The molecule has 0 unspecified atom stereocenters. The molecule has 0 bridgehead atoms. The molecule has 2 nitrogen and oxygen atoms in total. The molecular formula is C15H14ClFN2S. The predicted octanol–water partition coefficient (Wildman–Crippen LogP) is 4.44. The monoisotopic (exact) mass is 308 g/mol. The van der Waals surface area contributed by atoms with E-state index in [0.717, 1.165) is 47.7 Å². The number of thioether (sulfide) groups is 1. The Morgan fingerprint density at radius 1 is 1.20 bits per heavy atom. The van der Waals surface area contributed by atoms with Crippen molar-refractivity contribution in [3.05, 3.63) is 52.3 Å². The van der Waals surface area contributed by atoms with Crippen LogP contribution in [0.1, 0.15) is 29.9 Å². The van der Waals surface area contributed by atoms with Gasteiger partial charge in [-0.2, -0.15) is 0 Å². The highest BCUT2D eigenvalue weighted by Gasteiger charge is 2.16. The molecule has 0 spiro atoms. The molecule has 0 saturated heterocycles. The summed E-state index contributed by atoms with van der Waals surface area (Å²) in [7, 11) is 0. The lowest BCUT2D eigenvalue weighted by atomic mass is 9.97. The van der Waals surface area contributed by atoms with E-state index in [4.69, 9.17) is 11.6 Å². The molecular weight excluding hydrogens is 295 g/mol. The second-order valence-electron chi connectivity index (χ2n) is 4.81. The third-order valence-electron chi connectivity index (χ3n) is 3.34. The Hall–Kier alpha value is -1.13. The first-order valence-corrected chi connectivity index (χ1v) is 8.01. The number of rotatable bonds is 3. The van der Waals surface area contributed by atoms with Crippen LogP contribution in [0.5, 0.6) is 0 Å². The van der Waals surface area contributed by atoms with Crippen LogP contribution in [0.15, 0.2) is 29.2 Å². The zero-order chi connectivity index (χ0) is 13.9. The summed E-state index contributed by atoms with van der Waals surface area (Å²) in [5.74, 6) is 1.11. The van der Waals surface area contributed by atoms with Gasteiger partial charge in [0.1, 0.15) is 16.8 Å². The summed E-state index contributed by atoms with van der Waals surface area (Å²) in [5.41, 5.74) is 2.20. The SMILES string of the molecule is Fc1cccc(SCc2nc(Cl)c3c(n2)CCCC3)c1. The lowest BCUT2D eigenvalue weighted by Gasteiger charge is -2.16. The van der Waals surface area contributed by atoms with Crippen LogP contribution in [-0.2, 0) is 18.6 Å². The summed E-state index contributed by atoms with van der Waals surface area (Å²) in [6.07, 6.45) is 4.28. The number of hydrogen-bond acceptors (Lipinski definition) is 3. The highest BCUT2D eigenvalue weighted by atomic mass is 35.5. The van der Waals surface area contributed by atoms with Crippen LogP contribution in [0.2, 0.25) is 5.15 Å². The van der Waals surface area contributed by atoms with Crippen molar-refractivity contribution in [2.24, 2.45) is 0 Å². The Balaban J connectivity index is 1.76. The molecule has 1 aliphatic carbocycles. The second kappa shape index (κ2) is 6.10. The van der Waals surface area contributed by atoms with E-state index in [2.05, 4.69) is 9.97 Å². The van der Waals surface area contributed by atoms with Crippen molar-refractivity contribution in [2.75, 3.05) is 0 Å². The molecule has 0 aliphatic heterocycles. The molecule has 1 heterocycles. The first kappa shape index (κ1) is 13.8. The summed E-state index contributed by atoms with van der Waals surface area (Å²) < 4.78 is 13.1. The minimum Gasteiger partial charge on any atom is -0.237 e. The van der Waals surface area contributed by atoms with E-state index >= 15 is 0 Å². The minimum atomic E-state index is -0.223. The molecule has 0 amide bonds. The zero-order valence-electron chi connectivity index (χ0n) is 10.9. The lowest BCUT2D eigenvalue weighted by molar-refractivity contribution is 0.624. The van der Waals surface area contributed by atoms with Crippen molar-refractivity contribution >= 4 is 23.4 Å². The molecule has 2 aromatic rings. The molecule has 104 valence electrons. The molecule has 1 aromatic carbocycles. The van der Waals surface area contributed by atoms with Gasteiger partial charge in [-0.25, -0.2) is 14.4 Å². The maximum atomic E-state index is 13.1. The van der Waals surface area contributed by atoms with Crippen molar-refractivity contribution < 1.29 is 4.39 Å². The molecule has 0 saturated carbocycles. The van der Waals surface area contributed by atoms with E-state index < -0.39 is 0 Å². The summed E-state index contributed by atoms with van der Waals surface area (Å²) in [4.78, 5) is 9.84. The molecule has 0 N–H and O–H groups in total. The molecule has 0 atom stereocenters. The van der Waals surface area contributed by atoms with Gasteiger partial charge in [0, 0.05) is 16.2 Å². The average molecular weight is 309 g/mol. The van der Waals surface area contributed by atoms with Gasteiger partial charge in [-0.1, -0.05) is 17.7 Å². The summed E-state index contributed by atoms with van der Waals surface area (Å²) in [6, 6.07) is 6.55. The molecule has 3 rings (SSSR count). The van der Waals surface area contributed by atoms with Gasteiger partial charge in [0.05, 0.1) is 5.75 Å². The number of halogens is 2. The quantitative estimate of drug-likeness (QED) is 0.619. The van der Waals surface area contributed by atoms with Gasteiger partial charge in [-0.3, -0.25) is 0 Å². The van der Waals surface area contributed by atoms with Crippen molar-refractivity contribution in [3.8, 4) is 0 Å². The van der Waals surface area contributed by atoms with Crippen LogP contribution >= 0.6 is 23.4 Å². The van der Waals surface area contributed by atoms with Gasteiger partial charge in [0.2, 0.25) is 0 Å². The number of fused-ring (bicyclic) bond motifs is 1. The van der Waals surface area contributed by atoms with Crippen LogP contribution < -0.4 is 0 Å². The Morgan fingerprint density at radius 2 is 2.05 bits per heavy atom. The average Bonchev–Trinajstić information content (AvgIpc) is 2.45. The number of aromatic nitrogens is 2. The fourth-order valence-electron chi connectivity index (χ4n) is 2.37. The first-order valence-electron chi connectivity index (χ1n) is 6.65. The highest BCUT2D eigenvalue weighted by Crippen LogP contribution is 2.27. The van der Waals surface area contributed by atoms with E-state index in [1.54, 1.807) is 6.07 Å². The van der Waals surface area contributed by atoms with Gasteiger partial charge in [0.25, 0.3) is 0 Å². The van der Waals surface area contributed by atoms with Crippen LogP contribution in [0.3, 0.4) is 0 Å². The highest BCUT2D eigenvalue weighted by molar-refractivity contribution is 7.98. The van der Waals surface area contributed by atoms with Crippen LogP contribution in [0.25, 0.3) is 0 Å². The second-order valence-corrected chi connectivity index (χ2v) is 6.22. The van der Waals surface area contributed by atoms with Gasteiger partial charge in [0.15, 0.2) is 0 Å². The van der Waals surface area contributed by atoms with Gasteiger partial charge in [-0.05, 0) is 43.9 Å². The number of nitrogens with zero attached hydrogens (tertiary/aromatic N) is 2. The molecule has 0 radical (unpaired) electrons. The summed E-state index contributed by atoms with van der Waals surface area (Å²) in [6.45, 7) is 0. The van der Waals surface area contributed by atoms with Crippen LogP contribution in [0.4, 0.5) is 4.39 Å². The molecule has 5 heteroatoms. The summed E-state index contributed by atoms with van der Waals surface area (Å²) in [5, 5.41) is 0.588. The third kappa shape index (κ3) is 3.13. The maximum absolute atomic E-state index is 13.1. The van der Waals surface area contributed by atoms with E-state index in [9.17, 15) is 4.39 Å². The fourth-order valence-corrected chi connectivity index (χ4v) is 3.46. The standard InChI is InChI=1S/C15H14ClFN2S/c16-15-12-6-1-2-7-13(12)18-14(19-15)9-20-11-5-3-4-10(17)8-11/h3-5,8H,1-2,6-7,9H2. The predicted molar refractivity (Wildman–Crippen MR) is 79.6 cm³/mol. The Morgan fingerprint density at radius 3 is 2.90 bits per heavy atom. The smallest absolute Gasteiger partial charge is 0.140 e. The van der Waals surface area contributed by atoms with E-state index in [-0.39, 0.29) is 5.82 Å². The van der Waals surface area contributed by atoms with Crippen molar-refractivity contribution in [1.82, 2.24) is 9.97 Å². The molecule has 1 aromatic heterocycles. The van der Waals surface area contributed by atoms with Crippen LogP contribution in [0, 0.1) is 5.82 Å². The number of hydrogen-bond donors (Lipinski definition) is 0. The number of benzene rings is 1. The van der Waals surface area contributed by atoms with Gasteiger partial charge in [-0.15, -0.1) is 11.8 Å². The first-order chi connectivity index (χ1) is 9.72. The van der Waals surface area contributed by atoms with E-state index in [1.807, 2.05) is 6.07 Å². The van der Waals surface area contributed by atoms with Gasteiger partial charge >= 0.3 is 0 Å². The summed E-state index contributed by atoms with van der Waals surface area (Å²) >= 11 is 7.76. The van der Waals surface area contributed by atoms with Crippen molar-refractivity contribution in [3.63, 3.8) is 0 Å². The topological polar surface area (TPSA) is 25.8 Å². The van der Waals surface area contributed by atoms with Gasteiger partial charge < -0.3 is 0 Å². The molecule has 20 heavy (non-hydrogen) atoms. The van der Waals surface area contributed by atoms with E-state index in [0.29, 0.717) is 10.9 Å². The Bertz CT molecular complexity index is 633.